The molecule has 0 unspecified atom stereocenters. The molecule has 0 saturated heterocycles. The Morgan fingerprint density at radius 1 is 1.25 bits per heavy atom. The van der Waals surface area contributed by atoms with Crippen LogP contribution >= 0.6 is 0 Å². The fraction of sp³-hybridized carbons (Fsp3) is 0.615. The quantitative estimate of drug-likeness (QED) is 0.492. The molecule has 16 heavy (non-hydrogen) atoms. The van der Waals surface area contributed by atoms with Crippen molar-refractivity contribution in [3.05, 3.63) is 25.3 Å². The van der Waals surface area contributed by atoms with E-state index in [1.54, 1.807) is 0 Å². The Bertz CT molecular complexity index is 231. The number of carbonyl (C=O) groups is 1. The molecule has 0 amide bonds. The summed E-state index contributed by atoms with van der Waals surface area (Å²) in [5, 5.41) is 0. The molecule has 3 nitrogen and oxygen atoms in total. The summed E-state index contributed by atoms with van der Waals surface area (Å²) < 4.78 is 5.23. The average molecular weight is 225 g/mol. The van der Waals surface area contributed by atoms with Gasteiger partial charge in [-0.3, -0.25) is 9.69 Å². The van der Waals surface area contributed by atoms with Gasteiger partial charge in [0.1, 0.15) is 5.60 Å². The normalized spacial score (nSPS) is 11.2. The van der Waals surface area contributed by atoms with Crippen LogP contribution in [-0.2, 0) is 9.53 Å². The SMILES string of the molecule is C=CCN(CC=C)CCC(=O)OC(C)(C)C. The Morgan fingerprint density at radius 3 is 2.12 bits per heavy atom. The van der Waals surface area contributed by atoms with Gasteiger partial charge >= 0.3 is 5.97 Å². The third-order valence-corrected chi connectivity index (χ3v) is 1.83. The third kappa shape index (κ3) is 8.24. The average Bonchev–Trinajstić information content (AvgIpc) is 2.12. The first-order valence-corrected chi connectivity index (χ1v) is 5.55. The summed E-state index contributed by atoms with van der Waals surface area (Å²) in [5.74, 6) is -0.161. The molecule has 0 aliphatic heterocycles. The van der Waals surface area contributed by atoms with E-state index in [9.17, 15) is 4.79 Å². The summed E-state index contributed by atoms with van der Waals surface area (Å²) in [5.41, 5.74) is -0.404. The van der Waals surface area contributed by atoms with Gasteiger partial charge in [-0.25, -0.2) is 0 Å². The topological polar surface area (TPSA) is 29.5 Å². The largest absolute Gasteiger partial charge is 0.460 e. The lowest BCUT2D eigenvalue weighted by Crippen LogP contribution is -2.30. The van der Waals surface area contributed by atoms with Gasteiger partial charge in [0, 0.05) is 19.6 Å². The molecule has 0 radical (unpaired) electrons. The fourth-order valence-electron chi connectivity index (χ4n) is 1.26. The minimum Gasteiger partial charge on any atom is -0.460 e. The van der Waals surface area contributed by atoms with Crippen LogP contribution < -0.4 is 0 Å². The molecule has 0 aromatic heterocycles. The predicted octanol–water partition coefficient (Wildman–Crippen LogP) is 2.39. The van der Waals surface area contributed by atoms with Crippen molar-refractivity contribution in [2.24, 2.45) is 0 Å². The van der Waals surface area contributed by atoms with E-state index in [1.807, 2.05) is 32.9 Å². The Labute approximate surface area is 98.8 Å². The number of rotatable bonds is 7. The highest BCUT2D eigenvalue weighted by Gasteiger charge is 2.16. The van der Waals surface area contributed by atoms with Crippen molar-refractivity contribution in [1.82, 2.24) is 4.90 Å². The lowest BCUT2D eigenvalue weighted by atomic mass is 10.2. The zero-order chi connectivity index (χ0) is 12.6. The van der Waals surface area contributed by atoms with E-state index < -0.39 is 5.60 Å². The molecule has 0 saturated carbocycles. The monoisotopic (exact) mass is 225 g/mol. The first kappa shape index (κ1) is 14.9. The number of hydrogen-bond donors (Lipinski definition) is 0. The van der Waals surface area contributed by atoms with Crippen LogP contribution in [0.5, 0.6) is 0 Å². The summed E-state index contributed by atoms with van der Waals surface area (Å²) in [7, 11) is 0. The molecule has 0 heterocycles. The van der Waals surface area contributed by atoms with E-state index >= 15 is 0 Å². The Balaban J connectivity index is 3.95. The van der Waals surface area contributed by atoms with Crippen LogP contribution in [0.3, 0.4) is 0 Å². The number of nitrogens with zero attached hydrogens (tertiary/aromatic N) is 1. The summed E-state index contributed by atoms with van der Waals surface area (Å²) in [4.78, 5) is 13.6. The number of esters is 1. The summed E-state index contributed by atoms with van der Waals surface area (Å²) in [6.07, 6.45) is 4.04. The van der Waals surface area contributed by atoms with Crippen LogP contribution in [0, 0.1) is 0 Å². The van der Waals surface area contributed by atoms with Crippen molar-refractivity contribution >= 4 is 5.97 Å². The van der Waals surface area contributed by atoms with Crippen molar-refractivity contribution in [3.8, 4) is 0 Å². The lowest BCUT2D eigenvalue weighted by molar-refractivity contribution is -0.155. The molecule has 0 atom stereocenters. The zero-order valence-corrected chi connectivity index (χ0v) is 10.7. The van der Waals surface area contributed by atoms with Crippen LogP contribution in [0.1, 0.15) is 27.2 Å². The first-order valence-electron chi connectivity index (χ1n) is 5.55. The summed E-state index contributed by atoms with van der Waals surface area (Å²) >= 11 is 0. The second-order valence-corrected chi connectivity index (χ2v) is 4.67. The summed E-state index contributed by atoms with van der Waals surface area (Å²) in [6.45, 7) is 15.2. The maximum atomic E-state index is 11.5. The van der Waals surface area contributed by atoms with Crippen LogP contribution in [0.4, 0.5) is 0 Å². The van der Waals surface area contributed by atoms with Crippen LogP contribution in [-0.4, -0.2) is 36.1 Å². The molecular formula is C13H23NO2. The van der Waals surface area contributed by atoms with Crippen molar-refractivity contribution in [2.45, 2.75) is 32.8 Å². The minimum atomic E-state index is -0.404. The Kier molecular flexibility index (Phi) is 6.74. The van der Waals surface area contributed by atoms with E-state index in [-0.39, 0.29) is 5.97 Å². The molecule has 0 bridgehead atoms. The number of carbonyl (C=O) groups excluding carboxylic acids is 1. The minimum absolute atomic E-state index is 0.161. The second kappa shape index (κ2) is 7.23. The number of hydrogen-bond acceptors (Lipinski definition) is 3. The third-order valence-electron chi connectivity index (χ3n) is 1.83. The van der Waals surface area contributed by atoms with Gasteiger partial charge in [0.15, 0.2) is 0 Å². The van der Waals surface area contributed by atoms with Gasteiger partial charge in [-0.05, 0) is 20.8 Å². The molecule has 0 aromatic rings. The van der Waals surface area contributed by atoms with Gasteiger partial charge in [0.2, 0.25) is 0 Å². The first-order chi connectivity index (χ1) is 7.39. The molecule has 0 aliphatic rings. The molecule has 0 aromatic carbocycles. The molecule has 0 aliphatic carbocycles. The van der Waals surface area contributed by atoms with E-state index in [0.717, 1.165) is 13.1 Å². The second-order valence-electron chi connectivity index (χ2n) is 4.67. The molecule has 3 heteroatoms. The zero-order valence-electron chi connectivity index (χ0n) is 10.7. The van der Waals surface area contributed by atoms with Crippen molar-refractivity contribution in [3.63, 3.8) is 0 Å². The highest BCUT2D eigenvalue weighted by molar-refractivity contribution is 5.70. The van der Waals surface area contributed by atoms with E-state index in [2.05, 4.69) is 18.1 Å². The van der Waals surface area contributed by atoms with Crippen LogP contribution in [0.25, 0.3) is 0 Å². The highest BCUT2D eigenvalue weighted by atomic mass is 16.6. The molecule has 92 valence electrons. The highest BCUT2D eigenvalue weighted by Crippen LogP contribution is 2.08. The van der Waals surface area contributed by atoms with Crippen LogP contribution in [0.15, 0.2) is 25.3 Å². The van der Waals surface area contributed by atoms with Crippen molar-refractivity contribution in [1.29, 1.82) is 0 Å². The van der Waals surface area contributed by atoms with Gasteiger partial charge in [-0.2, -0.15) is 0 Å². The maximum absolute atomic E-state index is 11.5. The lowest BCUT2D eigenvalue weighted by Gasteiger charge is -2.22. The molecule has 0 fully saturated rings. The van der Waals surface area contributed by atoms with E-state index in [1.165, 1.54) is 0 Å². The van der Waals surface area contributed by atoms with Gasteiger partial charge < -0.3 is 4.74 Å². The van der Waals surface area contributed by atoms with E-state index in [4.69, 9.17) is 4.74 Å². The fourth-order valence-corrected chi connectivity index (χ4v) is 1.26. The molecule has 0 N–H and O–H groups in total. The van der Waals surface area contributed by atoms with Gasteiger partial charge in [-0.15, -0.1) is 13.2 Å². The number of ether oxygens (including phenoxy) is 1. The smallest absolute Gasteiger partial charge is 0.307 e. The Morgan fingerprint density at radius 2 is 1.75 bits per heavy atom. The standard InChI is InChI=1S/C13H23NO2/c1-6-9-14(10-7-2)11-8-12(15)16-13(3,4)5/h6-7H,1-2,8-11H2,3-5H3. The van der Waals surface area contributed by atoms with Gasteiger partial charge in [-0.1, -0.05) is 12.2 Å². The van der Waals surface area contributed by atoms with E-state index in [0.29, 0.717) is 13.0 Å². The van der Waals surface area contributed by atoms with Crippen molar-refractivity contribution in [2.75, 3.05) is 19.6 Å². The van der Waals surface area contributed by atoms with Crippen molar-refractivity contribution < 1.29 is 9.53 Å². The Hall–Kier alpha value is -1.09. The predicted molar refractivity (Wildman–Crippen MR) is 67.3 cm³/mol. The van der Waals surface area contributed by atoms with Gasteiger partial charge in [0.25, 0.3) is 0 Å². The molecular weight excluding hydrogens is 202 g/mol. The van der Waals surface area contributed by atoms with Crippen LogP contribution in [0.2, 0.25) is 0 Å². The van der Waals surface area contributed by atoms with Gasteiger partial charge in [0.05, 0.1) is 6.42 Å². The summed E-state index contributed by atoms with van der Waals surface area (Å²) in [6, 6.07) is 0. The maximum Gasteiger partial charge on any atom is 0.307 e. The molecule has 0 rings (SSSR count). The molecule has 0 spiro atoms.